The Morgan fingerprint density at radius 1 is 0.912 bits per heavy atom. The van der Waals surface area contributed by atoms with Gasteiger partial charge in [0.25, 0.3) is 0 Å². The fourth-order valence-corrected chi connectivity index (χ4v) is 5.02. The summed E-state index contributed by atoms with van der Waals surface area (Å²) in [6, 6.07) is 26.5. The lowest BCUT2D eigenvalue weighted by atomic mass is 9.99. The summed E-state index contributed by atoms with van der Waals surface area (Å²) in [7, 11) is 0. The van der Waals surface area contributed by atoms with Crippen LogP contribution in [0.4, 0.5) is 5.69 Å². The normalized spacial score (nSPS) is 10.5. The third-order valence-corrected chi connectivity index (χ3v) is 6.65. The van der Waals surface area contributed by atoms with E-state index < -0.39 is 0 Å². The Labute approximate surface area is 216 Å². The maximum atomic E-state index is 12.7. The highest BCUT2D eigenvalue weighted by molar-refractivity contribution is 8.00. The smallest absolute Gasteiger partial charge is 0.234 e. The number of hydrogen-bond donors (Lipinski definition) is 1. The second-order valence-electron chi connectivity index (χ2n) is 7.16. The molecule has 34 heavy (non-hydrogen) atoms. The Morgan fingerprint density at radius 2 is 1.50 bits per heavy atom. The van der Waals surface area contributed by atoms with Gasteiger partial charge in [-0.05, 0) is 23.8 Å². The van der Waals surface area contributed by atoms with Crippen LogP contribution in [-0.4, -0.2) is 16.6 Å². The molecule has 8 heteroatoms. The van der Waals surface area contributed by atoms with E-state index in [1.54, 1.807) is 0 Å². The molecule has 0 fully saturated rings. The van der Waals surface area contributed by atoms with Crippen LogP contribution in [0.2, 0.25) is 15.1 Å². The number of carbonyl (C=O) groups excluding carboxylic acids is 1. The van der Waals surface area contributed by atoms with Crippen molar-refractivity contribution >= 4 is 58.2 Å². The highest BCUT2D eigenvalue weighted by atomic mass is 35.5. The van der Waals surface area contributed by atoms with Crippen molar-refractivity contribution in [2.45, 2.75) is 5.03 Å². The van der Waals surface area contributed by atoms with Gasteiger partial charge in [-0.15, -0.1) is 0 Å². The summed E-state index contributed by atoms with van der Waals surface area (Å²) in [4.78, 5) is 17.4. The van der Waals surface area contributed by atoms with Crippen molar-refractivity contribution < 1.29 is 4.79 Å². The number of carbonyl (C=O) groups is 1. The molecule has 0 unspecified atom stereocenters. The van der Waals surface area contributed by atoms with Gasteiger partial charge in [-0.3, -0.25) is 4.79 Å². The Morgan fingerprint density at radius 3 is 2.09 bits per heavy atom. The first-order valence-corrected chi connectivity index (χ1v) is 12.2. The molecule has 1 amide bonds. The van der Waals surface area contributed by atoms with Crippen molar-refractivity contribution in [1.82, 2.24) is 4.98 Å². The van der Waals surface area contributed by atoms with Crippen LogP contribution in [0.25, 0.3) is 22.4 Å². The average Bonchev–Trinajstić information content (AvgIpc) is 2.85. The number of nitrogens with zero attached hydrogens (tertiary/aromatic N) is 2. The Hall–Kier alpha value is -3.01. The Balaban J connectivity index is 1.67. The summed E-state index contributed by atoms with van der Waals surface area (Å²) in [6.07, 6.45) is 0. The molecule has 0 radical (unpaired) electrons. The van der Waals surface area contributed by atoms with Gasteiger partial charge in [0, 0.05) is 16.1 Å². The summed E-state index contributed by atoms with van der Waals surface area (Å²) in [5.74, 6) is -0.336. The van der Waals surface area contributed by atoms with E-state index >= 15 is 0 Å². The highest BCUT2D eigenvalue weighted by Gasteiger charge is 2.18. The molecule has 4 aromatic rings. The number of rotatable bonds is 6. The molecular formula is C26H16Cl3N3OS. The van der Waals surface area contributed by atoms with Crippen molar-refractivity contribution in [2.24, 2.45) is 0 Å². The molecule has 0 atom stereocenters. The zero-order chi connectivity index (χ0) is 24.1. The summed E-state index contributed by atoms with van der Waals surface area (Å²) in [5.41, 5.74) is 3.97. The first-order chi connectivity index (χ1) is 16.5. The minimum absolute atomic E-state index is 0.00341. The topological polar surface area (TPSA) is 65.8 Å². The third-order valence-electron chi connectivity index (χ3n) is 4.86. The van der Waals surface area contributed by atoms with Gasteiger partial charge < -0.3 is 5.32 Å². The second kappa shape index (κ2) is 10.9. The van der Waals surface area contributed by atoms with Crippen molar-refractivity contribution in [3.63, 3.8) is 0 Å². The minimum atomic E-state index is -0.340. The Bertz CT molecular complexity index is 1370. The highest BCUT2D eigenvalue weighted by Crippen LogP contribution is 2.36. The van der Waals surface area contributed by atoms with Gasteiger partial charge in [-0.2, -0.15) is 5.26 Å². The van der Waals surface area contributed by atoms with Gasteiger partial charge in [0.05, 0.1) is 32.7 Å². The summed E-state index contributed by atoms with van der Waals surface area (Å²) in [5, 5.41) is 14.0. The van der Waals surface area contributed by atoms with Crippen molar-refractivity contribution in [3.05, 3.63) is 99.5 Å². The second-order valence-corrected chi connectivity index (χ2v) is 9.38. The van der Waals surface area contributed by atoms with E-state index in [0.717, 1.165) is 16.7 Å². The number of nitriles is 1. The molecule has 0 bridgehead atoms. The third kappa shape index (κ3) is 5.55. The van der Waals surface area contributed by atoms with Gasteiger partial charge >= 0.3 is 0 Å². The van der Waals surface area contributed by atoms with E-state index in [1.807, 2.05) is 66.7 Å². The molecule has 0 spiro atoms. The molecule has 1 aromatic heterocycles. The SMILES string of the molecule is N#Cc1c(-c2ccccc2)cc(-c2ccccc2)nc1SCC(=O)Nc1c(Cl)cc(Cl)cc1Cl. The quantitative estimate of drug-likeness (QED) is 0.260. The molecule has 0 aliphatic carbocycles. The average molecular weight is 525 g/mol. The zero-order valence-corrected chi connectivity index (χ0v) is 20.6. The number of aromatic nitrogens is 1. The molecular weight excluding hydrogens is 509 g/mol. The van der Waals surface area contributed by atoms with Crippen LogP contribution in [0.3, 0.4) is 0 Å². The van der Waals surface area contributed by atoms with Crippen LogP contribution < -0.4 is 5.32 Å². The monoisotopic (exact) mass is 523 g/mol. The first-order valence-electron chi connectivity index (χ1n) is 10.1. The van der Waals surface area contributed by atoms with Crippen molar-refractivity contribution in [1.29, 1.82) is 5.26 Å². The van der Waals surface area contributed by atoms with Gasteiger partial charge in [0.1, 0.15) is 11.1 Å². The van der Waals surface area contributed by atoms with Crippen molar-refractivity contribution in [3.8, 4) is 28.5 Å². The summed E-state index contributed by atoms with van der Waals surface area (Å²) in [6.45, 7) is 0. The number of halogens is 3. The van der Waals surface area contributed by atoms with Crippen LogP contribution in [0.1, 0.15) is 5.56 Å². The van der Waals surface area contributed by atoms with Crippen LogP contribution in [0, 0.1) is 11.3 Å². The molecule has 3 aromatic carbocycles. The number of anilines is 1. The fourth-order valence-electron chi connectivity index (χ4n) is 3.31. The van der Waals surface area contributed by atoms with E-state index in [-0.39, 0.29) is 27.4 Å². The predicted molar refractivity (Wildman–Crippen MR) is 141 cm³/mol. The number of benzene rings is 3. The van der Waals surface area contributed by atoms with Crippen LogP contribution in [0.15, 0.2) is 83.9 Å². The predicted octanol–water partition coefficient (Wildman–Crippen LogP) is 7.98. The lowest BCUT2D eigenvalue weighted by molar-refractivity contribution is -0.113. The molecule has 1 N–H and O–H groups in total. The van der Waals surface area contributed by atoms with E-state index in [9.17, 15) is 10.1 Å². The summed E-state index contributed by atoms with van der Waals surface area (Å²) < 4.78 is 0. The molecule has 0 saturated carbocycles. The van der Waals surface area contributed by atoms with E-state index in [2.05, 4.69) is 11.4 Å². The van der Waals surface area contributed by atoms with Crippen LogP contribution in [-0.2, 0) is 4.79 Å². The zero-order valence-electron chi connectivity index (χ0n) is 17.6. The number of nitrogens with one attached hydrogen (secondary N) is 1. The molecule has 4 nitrogen and oxygen atoms in total. The van der Waals surface area contributed by atoms with E-state index in [0.29, 0.717) is 21.3 Å². The van der Waals surface area contributed by atoms with Gasteiger partial charge in [0.15, 0.2) is 0 Å². The van der Waals surface area contributed by atoms with Crippen molar-refractivity contribution in [2.75, 3.05) is 11.1 Å². The molecule has 0 aliphatic heterocycles. The van der Waals surface area contributed by atoms with Gasteiger partial charge in [-0.1, -0.05) is 107 Å². The number of amides is 1. The molecule has 0 aliphatic rings. The lowest BCUT2D eigenvalue weighted by Crippen LogP contribution is -2.15. The van der Waals surface area contributed by atoms with Crippen LogP contribution >= 0.6 is 46.6 Å². The first kappa shape index (κ1) is 24.1. The van der Waals surface area contributed by atoms with Gasteiger partial charge in [-0.25, -0.2) is 4.98 Å². The van der Waals surface area contributed by atoms with E-state index in [1.165, 1.54) is 23.9 Å². The summed E-state index contributed by atoms with van der Waals surface area (Å²) >= 11 is 19.5. The maximum Gasteiger partial charge on any atom is 0.234 e. The number of hydrogen-bond acceptors (Lipinski definition) is 4. The molecule has 4 rings (SSSR count). The molecule has 0 saturated heterocycles. The fraction of sp³-hybridized carbons (Fsp3) is 0.0385. The standard InChI is InChI=1S/C26H16Cl3N3OS/c27-18-11-21(28)25(22(29)12-18)32-24(33)15-34-26-20(14-30)19(16-7-3-1-4-8-16)13-23(31-26)17-9-5-2-6-10-17/h1-13H,15H2,(H,32,33). The van der Waals surface area contributed by atoms with E-state index in [4.69, 9.17) is 39.8 Å². The Kier molecular flexibility index (Phi) is 7.77. The van der Waals surface area contributed by atoms with Gasteiger partial charge in [0.2, 0.25) is 5.91 Å². The lowest BCUT2D eigenvalue weighted by Gasteiger charge is -2.13. The van der Waals surface area contributed by atoms with Crippen LogP contribution in [0.5, 0.6) is 0 Å². The molecule has 1 heterocycles. The number of thioether (sulfide) groups is 1. The number of pyridine rings is 1. The largest absolute Gasteiger partial charge is 0.323 e. The minimum Gasteiger partial charge on any atom is -0.323 e. The molecule has 168 valence electrons. The maximum absolute atomic E-state index is 12.7.